The first-order chi connectivity index (χ1) is 10.3. The zero-order valence-electron chi connectivity index (χ0n) is 12.5. The molecule has 4 nitrogen and oxygen atoms in total. The molecule has 0 amide bonds. The second-order valence-electron chi connectivity index (χ2n) is 5.98. The Morgan fingerprint density at radius 3 is 2.90 bits per heavy atom. The fourth-order valence-electron chi connectivity index (χ4n) is 2.99. The van der Waals surface area contributed by atoms with Crippen molar-refractivity contribution in [2.45, 2.75) is 19.9 Å². The van der Waals surface area contributed by atoms with E-state index in [1.807, 2.05) is 36.5 Å². The highest BCUT2D eigenvalue weighted by Crippen LogP contribution is 2.25. The van der Waals surface area contributed by atoms with Gasteiger partial charge in [0, 0.05) is 12.1 Å². The van der Waals surface area contributed by atoms with Gasteiger partial charge >= 0.3 is 0 Å². The van der Waals surface area contributed by atoms with Gasteiger partial charge in [0.1, 0.15) is 0 Å². The number of nitrogens with two attached hydrogens (primary N) is 1. The molecule has 1 aliphatic rings. The molecule has 4 heteroatoms. The number of aromatic nitrogens is 1. The van der Waals surface area contributed by atoms with Gasteiger partial charge in [-0.2, -0.15) is 0 Å². The van der Waals surface area contributed by atoms with Gasteiger partial charge in [-0.3, -0.25) is 4.90 Å². The van der Waals surface area contributed by atoms with Gasteiger partial charge in [0.05, 0.1) is 12.7 Å². The lowest BCUT2D eigenvalue weighted by Gasteiger charge is -2.35. The Bertz CT molecular complexity index is 566. The van der Waals surface area contributed by atoms with E-state index in [0.29, 0.717) is 5.92 Å². The third-order valence-electron chi connectivity index (χ3n) is 4.47. The zero-order valence-corrected chi connectivity index (χ0v) is 12.5. The lowest BCUT2D eigenvalue weighted by molar-refractivity contribution is 0.117. The summed E-state index contributed by atoms with van der Waals surface area (Å²) in [6.07, 6.45) is 3.02. The standard InChI is InChI=1S/C17H23N3O/c1-13-7-8-20(11-15(13)9-18)12-17-19-10-16(21-17)14-5-3-2-4-6-14/h2-6,10,13,15H,7-9,11-12,18H2,1H3. The first-order valence-corrected chi connectivity index (χ1v) is 7.69. The quantitative estimate of drug-likeness (QED) is 0.938. The second kappa shape index (κ2) is 6.41. The third-order valence-corrected chi connectivity index (χ3v) is 4.47. The molecule has 2 atom stereocenters. The average molecular weight is 285 g/mol. The third kappa shape index (κ3) is 3.34. The van der Waals surface area contributed by atoms with Crippen molar-refractivity contribution in [1.29, 1.82) is 0 Å². The van der Waals surface area contributed by atoms with Gasteiger partial charge < -0.3 is 10.2 Å². The van der Waals surface area contributed by atoms with Gasteiger partial charge in [-0.1, -0.05) is 37.3 Å². The van der Waals surface area contributed by atoms with Crippen LogP contribution in [-0.2, 0) is 6.54 Å². The maximum absolute atomic E-state index is 5.88. The van der Waals surface area contributed by atoms with Crippen LogP contribution in [0.1, 0.15) is 19.2 Å². The van der Waals surface area contributed by atoms with E-state index in [9.17, 15) is 0 Å². The molecule has 2 aromatic rings. The van der Waals surface area contributed by atoms with Gasteiger partial charge in [0.2, 0.25) is 5.89 Å². The molecule has 1 fully saturated rings. The van der Waals surface area contributed by atoms with Crippen molar-refractivity contribution in [1.82, 2.24) is 9.88 Å². The van der Waals surface area contributed by atoms with E-state index in [4.69, 9.17) is 10.2 Å². The minimum Gasteiger partial charge on any atom is -0.439 e. The Morgan fingerprint density at radius 1 is 1.33 bits per heavy atom. The Hall–Kier alpha value is -1.65. The number of hydrogen-bond acceptors (Lipinski definition) is 4. The van der Waals surface area contributed by atoms with Crippen molar-refractivity contribution < 1.29 is 4.42 Å². The molecule has 3 rings (SSSR count). The molecule has 1 aromatic carbocycles. The molecular weight excluding hydrogens is 262 g/mol. The summed E-state index contributed by atoms with van der Waals surface area (Å²) in [5.41, 5.74) is 6.94. The van der Waals surface area contributed by atoms with E-state index in [0.717, 1.165) is 49.3 Å². The molecule has 21 heavy (non-hydrogen) atoms. The molecule has 0 radical (unpaired) electrons. The maximum atomic E-state index is 5.88. The van der Waals surface area contributed by atoms with Crippen LogP contribution >= 0.6 is 0 Å². The number of likely N-dealkylation sites (tertiary alicyclic amines) is 1. The van der Waals surface area contributed by atoms with Crippen molar-refractivity contribution in [2.24, 2.45) is 17.6 Å². The highest BCUT2D eigenvalue weighted by Gasteiger charge is 2.25. The summed E-state index contributed by atoms with van der Waals surface area (Å²) >= 11 is 0. The van der Waals surface area contributed by atoms with Gasteiger partial charge in [0.25, 0.3) is 0 Å². The normalized spacial score (nSPS) is 23.3. The van der Waals surface area contributed by atoms with Gasteiger partial charge in [-0.05, 0) is 31.3 Å². The summed E-state index contributed by atoms with van der Waals surface area (Å²) in [5, 5.41) is 0. The van der Waals surface area contributed by atoms with E-state index in [2.05, 4.69) is 16.8 Å². The van der Waals surface area contributed by atoms with E-state index in [1.54, 1.807) is 0 Å². The largest absolute Gasteiger partial charge is 0.439 e. The molecule has 0 aliphatic carbocycles. The average Bonchev–Trinajstić information content (AvgIpc) is 2.98. The molecule has 0 spiro atoms. The molecule has 1 aliphatic heterocycles. The monoisotopic (exact) mass is 285 g/mol. The fourth-order valence-corrected chi connectivity index (χ4v) is 2.99. The zero-order chi connectivity index (χ0) is 14.7. The van der Waals surface area contributed by atoms with E-state index < -0.39 is 0 Å². The summed E-state index contributed by atoms with van der Waals surface area (Å²) in [7, 11) is 0. The van der Waals surface area contributed by atoms with Crippen molar-refractivity contribution in [3.05, 3.63) is 42.4 Å². The summed E-state index contributed by atoms with van der Waals surface area (Å²) in [6, 6.07) is 10.1. The number of piperidine rings is 1. The van der Waals surface area contributed by atoms with Crippen molar-refractivity contribution in [3.63, 3.8) is 0 Å². The second-order valence-corrected chi connectivity index (χ2v) is 5.98. The maximum Gasteiger partial charge on any atom is 0.209 e. The van der Waals surface area contributed by atoms with E-state index >= 15 is 0 Å². The lowest BCUT2D eigenvalue weighted by Crippen LogP contribution is -2.42. The van der Waals surface area contributed by atoms with Crippen LogP contribution in [-0.4, -0.2) is 29.5 Å². The van der Waals surface area contributed by atoms with Crippen LogP contribution in [0, 0.1) is 11.8 Å². The molecule has 0 bridgehead atoms. The first kappa shape index (κ1) is 14.3. The Kier molecular flexibility index (Phi) is 4.36. The Morgan fingerprint density at radius 2 is 2.14 bits per heavy atom. The molecular formula is C17H23N3O. The van der Waals surface area contributed by atoms with Crippen LogP contribution in [0.5, 0.6) is 0 Å². The number of benzene rings is 1. The SMILES string of the molecule is CC1CCN(Cc2ncc(-c3ccccc3)o2)CC1CN. The Labute approximate surface area is 126 Å². The number of nitrogens with zero attached hydrogens (tertiary/aromatic N) is 2. The smallest absolute Gasteiger partial charge is 0.209 e. The van der Waals surface area contributed by atoms with Crippen LogP contribution in [0.3, 0.4) is 0 Å². The van der Waals surface area contributed by atoms with Gasteiger partial charge in [-0.15, -0.1) is 0 Å². The predicted octanol–water partition coefficient (Wildman–Crippen LogP) is 2.76. The van der Waals surface area contributed by atoms with Crippen LogP contribution in [0.2, 0.25) is 0 Å². The Balaban J connectivity index is 1.65. The number of oxazole rings is 1. The van der Waals surface area contributed by atoms with Crippen LogP contribution in [0.25, 0.3) is 11.3 Å². The topological polar surface area (TPSA) is 55.3 Å². The number of rotatable bonds is 4. The van der Waals surface area contributed by atoms with Crippen molar-refractivity contribution in [2.75, 3.05) is 19.6 Å². The summed E-state index contributed by atoms with van der Waals surface area (Å²) in [4.78, 5) is 6.82. The minimum absolute atomic E-state index is 0.585. The van der Waals surface area contributed by atoms with Crippen LogP contribution in [0.4, 0.5) is 0 Å². The summed E-state index contributed by atoms with van der Waals surface area (Å²) < 4.78 is 5.88. The summed E-state index contributed by atoms with van der Waals surface area (Å²) in [6.45, 7) is 5.98. The summed E-state index contributed by atoms with van der Waals surface area (Å²) in [5.74, 6) is 2.93. The lowest BCUT2D eigenvalue weighted by atomic mass is 9.87. The molecule has 2 heterocycles. The van der Waals surface area contributed by atoms with Crippen LogP contribution in [0.15, 0.2) is 40.9 Å². The molecule has 112 valence electrons. The molecule has 1 aromatic heterocycles. The number of hydrogen-bond donors (Lipinski definition) is 1. The predicted molar refractivity (Wildman–Crippen MR) is 83.5 cm³/mol. The molecule has 0 saturated carbocycles. The van der Waals surface area contributed by atoms with Crippen molar-refractivity contribution in [3.8, 4) is 11.3 Å². The van der Waals surface area contributed by atoms with Gasteiger partial charge in [-0.25, -0.2) is 4.98 Å². The minimum atomic E-state index is 0.585. The van der Waals surface area contributed by atoms with Gasteiger partial charge in [0.15, 0.2) is 5.76 Å². The first-order valence-electron chi connectivity index (χ1n) is 7.69. The molecule has 2 N–H and O–H groups in total. The van der Waals surface area contributed by atoms with E-state index in [-0.39, 0.29) is 0 Å². The highest BCUT2D eigenvalue weighted by molar-refractivity contribution is 5.55. The highest BCUT2D eigenvalue weighted by atomic mass is 16.4. The molecule has 1 saturated heterocycles. The van der Waals surface area contributed by atoms with Crippen molar-refractivity contribution >= 4 is 0 Å². The fraction of sp³-hybridized carbons (Fsp3) is 0.471. The van der Waals surface area contributed by atoms with E-state index in [1.165, 1.54) is 6.42 Å². The van der Waals surface area contributed by atoms with Crippen LogP contribution < -0.4 is 5.73 Å². The molecule has 2 unspecified atom stereocenters.